The number of amidine groups is 1. The molecule has 1 amide bonds. The second-order valence-electron chi connectivity index (χ2n) is 7.13. The fraction of sp³-hybridized carbons (Fsp3) is 0.526. The van der Waals surface area contributed by atoms with Crippen LogP contribution in [0, 0.1) is 0 Å². The number of sulfone groups is 1. The zero-order valence-corrected chi connectivity index (χ0v) is 17.7. The Labute approximate surface area is 174 Å². The predicted octanol–water partition coefficient (Wildman–Crippen LogP) is 1.59. The van der Waals surface area contributed by atoms with Crippen LogP contribution in [0.15, 0.2) is 29.3 Å². The first kappa shape index (κ1) is 21.6. The van der Waals surface area contributed by atoms with Gasteiger partial charge in [0.2, 0.25) is 5.91 Å². The molecule has 2 aliphatic heterocycles. The molecule has 0 radical (unpaired) electrons. The average Bonchev–Trinajstić information content (AvgIpc) is 3.11. The first-order valence-electron chi connectivity index (χ1n) is 9.37. The van der Waals surface area contributed by atoms with Crippen molar-refractivity contribution in [3.8, 4) is 5.75 Å². The van der Waals surface area contributed by atoms with Gasteiger partial charge >= 0.3 is 5.97 Å². The molecule has 1 aromatic rings. The van der Waals surface area contributed by atoms with E-state index < -0.39 is 15.8 Å². The van der Waals surface area contributed by atoms with Crippen LogP contribution in [0.3, 0.4) is 0 Å². The summed E-state index contributed by atoms with van der Waals surface area (Å²) in [6.45, 7) is 0.553. The van der Waals surface area contributed by atoms with Gasteiger partial charge in [0.1, 0.15) is 5.75 Å². The second-order valence-corrected chi connectivity index (χ2v) is 10.5. The molecule has 2 aliphatic rings. The molecule has 0 unspecified atom stereocenters. The largest absolute Gasteiger partial charge is 0.497 e. The summed E-state index contributed by atoms with van der Waals surface area (Å²) in [5.74, 6) is -0.387. The lowest BCUT2D eigenvalue weighted by Gasteiger charge is -2.24. The van der Waals surface area contributed by atoms with E-state index in [1.165, 1.54) is 11.8 Å². The van der Waals surface area contributed by atoms with Crippen LogP contribution in [0.25, 0.3) is 0 Å². The highest BCUT2D eigenvalue weighted by molar-refractivity contribution is 8.15. The molecule has 0 bridgehead atoms. The van der Waals surface area contributed by atoms with Gasteiger partial charge < -0.3 is 14.7 Å². The maximum absolute atomic E-state index is 12.2. The Kier molecular flexibility index (Phi) is 6.84. The number of methoxy groups -OCH3 is 1. The second kappa shape index (κ2) is 9.17. The molecule has 2 heterocycles. The summed E-state index contributed by atoms with van der Waals surface area (Å²) in [6.07, 6.45) is 0.910. The Hall–Kier alpha value is -2.07. The molecule has 8 nitrogen and oxygen atoms in total. The summed E-state index contributed by atoms with van der Waals surface area (Å²) in [6, 6.07) is 7.47. The number of carbonyl (C=O) groups excluding carboxylic acids is 1. The van der Waals surface area contributed by atoms with Crippen LogP contribution >= 0.6 is 11.8 Å². The van der Waals surface area contributed by atoms with Gasteiger partial charge in [-0.2, -0.15) is 4.99 Å². The Morgan fingerprint density at radius 1 is 1.24 bits per heavy atom. The third-order valence-electron chi connectivity index (χ3n) is 4.98. The van der Waals surface area contributed by atoms with Gasteiger partial charge in [0.25, 0.3) is 0 Å². The van der Waals surface area contributed by atoms with Crippen LogP contribution in [0.2, 0.25) is 0 Å². The molecule has 3 rings (SSSR count). The molecule has 10 heteroatoms. The van der Waals surface area contributed by atoms with Gasteiger partial charge in [-0.1, -0.05) is 23.9 Å². The van der Waals surface area contributed by atoms with E-state index in [4.69, 9.17) is 9.84 Å². The Morgan fingerprint density at radius 3 is 2.62 bits per heavy atom. The van der Waals surface area contributed by atoms with Gasteiger partial charge in [-0.3, -0.25) is 9.59 Å². The van der Waals surface area contributed by atoms with Crippen LogP contribution < -0.4 is 4.74 Å². The van der Waals surface area contributed by atoms with Crippen molar-refractivity contribution in [3.05, 3.63) is 29.8 Å². The summed E-state index contributed by atoms with van der Waals surface area (Å²) in [4.78, 5) is 28.9. The number of aliphatic imine (C=N–C) groups is 1. The maximum atomic E-state index is 12.2. The van der Waals surface area contributed by atoms with E-state index in [2.05, 4.69) is 4.99 Å². The van der Waals surface area contributed by atoms with Crippen LogP contribution in [0.1, 0.15) is 24.8 Å². The Morgan fingerprint density at radius 2 is 1.97 bits per heavy atom. The van der Waals surface area contributed by atoms with Crippen LogP contribution in [0.4, 0.5) is 0 Å². The molecular weight excluding hydrogens is 416 g/mol. The summed E-state index contributed by atoms with van der Waals surface area (Å²) in [5.41, 5.74) is 1.08. The van der Waals surface area contributed by atoms with Crippen LogP contribution in [-0.4, -0.2) is 71.9 Å². The van der Waals surface area contributed by atoms with Crippen molar-refractivity contribution in [3.63, 3.8) is 0 Å². The standard InChI is InChI=1S/C19H24N2O6S2/c1-27-14-7-5-13(6-8-14)9-10-21-15-11-29(25,26)12-16(15)28-19(21)20-17(22)3-2-4-18(23)24/h5-8,15-16H,2-4,9-12H2,1H3,(H,23,24)/t15-,16-/m0/s1. The summed E-state index contributed by atoms with van der Waals surface area (Å²) < 4.78 is 29.3. The van der Waals surface area contributed by atoms with Gasteiger partial charge in [0.05, 0.1) is 24.7 Å². The van der Waals surface area contributed by atoms with E-state index in [9.17, 15) is 18.0 Å². The number of rotatable bonds is 8. The van der Waals surface area contributed by atoms with E-state index >= 15 is 0 Å². The number of ether oxygens (including phenoxy) is 1. The van der Waals surface area contributed by atoms with E-state index in [1.807, 2.05) is 29.2 Å². The van der Waals surface area contributed by atoms with Crippen LogP contribution in [0.5, 0.6) is 5.75 Å². The zero-order valence-electron chi connectivity index (χ0n) is 16.1. The fourth-order valence-corrected chi connectivity index (χ4v) is 7.49. The molecule has 0 spiro atoms. The quantitative estimate of drug-likeness (QED) is 0.648. The number of carbonyl (C=O) groups is 2. The first-order chi connectivity index (χ1) is 13.8. The molecule has 0 saturated carbocycles. The Bertz CT molecular complexity index is 898. The highest BCUT2D eigenvalue weighted by Gasteiger charge is 2.48. The van der Waals surface area contributed by atoms with E-state index in [-0.39, 0.29) is 48.0 Å². The molecule has 2 fully saturated rings. The maximum Gasteiger partial charge on any atom is 0.303 e. The smallest absolute Gasteiger partial charge is 0.303 e. The molecule has 2 saturated heterocycles. The third kappa shape index (κ3) is 5.72. The highest BCUT2D eigenvalue weighted by atomic mass is 32.2. The van der Waals surface area contributed by atoms with E-state index in [1.54, 1.807) is 7.11 Å². The van der Waals surface area contributed by atoms with Crippen LogP contribution in [-0.2, 0) is 25.8 Å². The van der Waals surface area contributed by atoms with Crippen molar-refractivity contribution >= 4 is 38.6 Å². The SMILES string of the molecule is COc1ccc(CCN2C(=NC(=O)CCCC(=O)O)S[C@H]3CS(=O)(=O)C[C@@H]32)cc1. The minimum Gasteiger partial charge on any atom is -0.497 e. The average molecular weight is 441 g/mol. The van der Waals surface area contributed by atoms with Crippen molar-refractivity contribution in [1.29, 1.82) is 0 Å². The molecule has 0 aliphatic carbocycles. The minimum atomic E-state index is -3.09. The van der Waals surface area contributed by atoms with E-state index in [0.29, 0.717) is 18.1 Å². The Balaban J connectivity index is 1.70. The summed E-state index contributed by atoms with van der Waals surface area (Å²) in [5, 5.41) is 9.12. The molecule has 1 N–H and O–H groups in total. The molecule has 158 valence electrons. The lowest BCUT2D eigenvalue weighted by molar-refractivity contribution is -0.137. The summed E-state index contributed by atoms with van der Waals surface area (Å²) >= 11 is 1.34. The van der Waals surface area contributed by atoms with Crippen molar-refractivity contribution in [2.75, 3.05) is 25.2 Å². The number of amides is 1. The van der Waals surface area contributed by atoms with E-state index in [0.717, 1.165) is 11.3 Å². The van der Waals surface area contributed by atoms with Crippen molar-refractivity contribution < 1.29 is 27.9 Å². The number of hydrogen-bond acceptors (Lipinski definition) is 6. The number of aliphatic carboxylic acids is 1. The monoisotopic (exact) mass is 440 g/mol. The molecule has 29 heavy (non-hydrogen) atoms. The normalized spacial score (nSPS) is 23.9. The number of fused-ring (bicyclic) bond motifs is 1. The molecule has 0 aromatic heterocycles. The topological polar surface area (TPSA) is 113 Å². The van der Waals surface area contributed by atoms with Crippen molar-refractivity contribution in [1.82, 2.24) is 4.90 Å². The number of carboxylic acid groups (broad SMARTS) is 1. The minimum absolute atomic E-state index is 0.0658. The lowest BCUT2D eigenvalue weighted by atomic mass is 10.1. The van der Waals surface area contributed by atoms with Gasteiger partial charge in [-0.15, -0.1) is 0 Å². The number of carboxylic acids is 1. The number of nitrogens with zero attached hydrogens (tertiary/aromatic N) is 2. The fourth-order valence-electron chi connectivity index (χ4n) is 3.49. The zero-order chi connectivity index (χ0) is 21.0. The van der Waals surface area contributed by atoms with Gasteiger partial charge in [-0.05, 0) is 30.5 Å². The highest BCUT2D eigenvalue weighted by Crippen LogP contribution is 2.38. The molecule has 2 atom stereocenters. The van der Waals surface area contributed by atoms with Gasteiger partial charge in [0, 0.05) is 24.6 Å². The lowest BCUT2D eigenvalue weighted by Crippen LogP contribution is -2.39. The summed E-state index contributed by atoms with van der Waals surface area (Å²) in [7, 11) is -1.49. The van der Waals surface area contributed by atoms with Crippen molar-refractivity contribution in [2.45, 2.75) is 37.0 Å². The van der Waals surface area contributed by atoms with Gasteiger partial charge in [0.15, 0.2) is 15.0 Å². The number of thioether (sulfide) groups is 1. The number of benzene rings is 1. The predicted molar refractivity (Wildman–Crippen MR) is 111 cm³/mol. The first-order valence-corrected chi connectivity index (χ1v) is 12.1. The molecular formula is C19H24N2O6S2. The van der Waals surface area contributed by atoms with Gasteiger partial charge in [-0.25, -0.2) is 8.42 Å². The number of hydrogen-bond donors (Lipinski definition) is 1. The molecule has 1 aromatic carbocycles. The van der Waals surface area contributed by atoms with Crippen molar-refractivity contribution in [2.24, 2.45) is 4.99 Å². The third-order valence-corrected chi connectivity index (χ3v) is 8.22.